The molecule has 0 fully saturated rings. The summed E-state index contributed by atoms with van der Waals surface area (Å²) in [5.74, 6) is 0. The number of hydrogen-bond acceptors (Lipinski definition) is 9. The van der Waals surface area contributed by atoms with Crippen LogP contribution in [0.2, 0.25) is 0 Å². The lowest BCUT2D eigenvalue weighted by Gasteiger charge is -2.23. The van der Waals surface area contributed by atoms with Gasteiger partial charge in [0.05, 0.1) is 23.0 Å². The van der Waals surface area contributed by atoms with Crippen LogP contribution in [0, 0.1) is 0 Å². The van der Waals surface area contributed by atoms with E-state index in [1.807, 2.05) is 24.3 Å². The van der Waals surface area contributed by atoms with Crippen LogP contribution in [0.4, 0.5) is 5.13 Å². The summed E-state index contributed by atoms with van der Waals surface area (Å²) < 4.78 is 0.974. The fraction of sp³-hybridized carbons (Fsp3) is 0.385. The Morgan fingerprint density at radius 2 is 1.91 bits per heavy atom. The van der Waals surface area contributed by atoms with Crippen molar-refractivity contribution in [2.45, 2.75) is 24.4 Å². The second-order valence-electron chi connectivity index (χ2n) is 4.60. The molecule has 6 N–H and O–H groups in total. The van der Waals surface area contributed by atoms with Crippen molar-refractivity contribution in [2.24, 2.45) is 5.10 Å². The Morgan fingerprint density at radius 1 is 1.18 bits per heavy atom. The average Bonchev–Trinajstić information content (AvgIpc) is 2.95. The lowest BCUT2D eigenvalue weighted by atomic mass is 10.0. The summed E-state index contributed by atoms with van der Waals surface area (Å²) in [6, 6.07) is 7.52. The van der Waals surface area contributed by atoms with Gasteiger partial charge in [-0.3, -0.25) is 5.43 Å². The van der Waals surface area contributed by atoms with Crippen molar-refractivity contribution in [1.29, 1.82) is 0 Å². The summed E-state index contributed by atoms with van der Waals surface area (Å²) in [4.78, 5) is 4.26. The van der Waals surface area contributed by atoms with Crippen molar-refractivity contribution in [3.05, 3.63) is 24.3 Å². The summed E-state index contributed by atoms with van der Waals surface area (Å²) in [7, 11) is 0. The molecule has 8 nitrogen and oxygen atoms in total. The summed E-state index contributed by atoms with van der Waals surface area (Å²) >= 11 is 1.37. The molecule has 0 saturated carbocycles. The maximum absolute atomic E-state index is 9.64. The van der Waals surface area contributed by atoms with E-state index >= 15 is 0 Å². The number of aliphatic hydroxyl groups excluding tert-OH is 5. The van der Waals surface area contributed by atoms with Gasteiger partial charge in [-0.15, -0.1) is 0 Å². The number of benzene rings is 1. The van der Waals surface area contributed by atoms with Crippen molar-refractivity contribution in [1.82, 2.24) is 4.98 Å². The smallest absolute Gasteiger partial charge is 0.204 e. The first kappa shape index (κ1) is 16.7. The molecule has 2 rings (SSSR count). The molecule has 2 aromatic rings. The first-order valence-corrected chi connectivity index (χ1v) is 7.32. The van der Waals surface area contributed by atoms with Gasteiger partial charge in [0.2, 0.25) is 5.13 Å². The van der Waals surface area contributed by atoms with Gasteiger partial charge < -0.3 is 25.5 Å². The highest BCUT2D eigenvalue weighted by Crippen LogP contribution is 2.25. The highest BCUT2D eigenvalue weighted by Gasteiger charge is 2.29. The largest absolute Gasteiger partial charge is 0.394 e. The predicted molar refractivity (Wildman–Crippen MR) is 82.8 cm³/mol. The van der Waals surface area contributed by atoms with Crippen molar-refractivity contribution < 1.29 is 25.5 Å². The average molecular weight is 327 g/mol. The predicted octanol–water partition coefficient (Wildman–Crippen LogP) is -0.870. The molecular weight excluding hydrogens is 310 g/mol. The quantitative estimate of drug-likeness (QED) is 0.287. The number of hydrazone groups is 1. The Labute approximate surface area is 130 Å². The molecule has 0 aliphatic rings. The number of para-hydroxylation sites is 1. The maximum Gasteiger partial charge on any atom is 0.204 e. The zero-order valence-electron chi connectivity index (χ0n) is 11.4. The molecule has 1 aromatic carbocycles. The van der Waals surface area contributed by atoms with Crippen LogP contribution in [0.25, 0.3) is 10.2 Å². The summed E-state index contributed by atoms with van der Waals surface area (Å²) in [6.45, 7) is -0.730. The third kappa shape index (κ3) is 3.97. The second kappa shape index (κ2) is 7.58. The van der Waals surface area contributed by atoms with Gasteiger partial charge in [0.15, 0.2) is 0 Å². The van der Waals surface area contributed by atoms with Crippen LogP contribution in [0.5, 0.6) is 0 Å². The van der Waals surface area contributed by atoms with E-state index in [4.69, 9.17) is 5.11 Å². The first-order valence-electron chi connectivity index (χ1n) is 6.51. The van der Waals surface area contributed by atoms with E-state index in [1.165, 1.54) is 11.3 Å². The third-order valence-corrected chi connectivity index (χ3v) is 3.90. The maximum atomic E-state index is 9.64. The number of anilines is 1. The van der Waals surface area contributed by atoms with E-state index in [-0.39, 0.29) is 0 Å². The van der Waals surface area contributed by atoms with Gasteiger partial charge >= 0.3 is 0 Å². The van der Waals surface area contributed by atoms with Gasteiger partial charge in [-0.25, -0.2) is 4.98 Å². The standard InChI is InChI=1S/C13H17N3O5S/c17-6-9(19)12(21)11(20)8(18)5-14-16-13-15-7-3-1-2-4-10(7)22-13/h1-5,8-9,11-12,17-21H,6H2,(H,15,16)/b14-5+/t8-,9+,11+,12+/m0/s1. The van der Waals surface area contributed by atoms with Gasteiger partial charge in [-0.05, 0) is 12.1 Å². The van der Waals surface area contributed by atoms with Crippen molar-refractivity contribution in [2.75, 3.05) is 12.0 Å². The number of thiazole rings is 1. The molecule has 0 unspecified atom stereocenters. The van der Waals surface area contributed by atoms with Gasteiger partial charge in [0.25, 0.3) is 0 Å². The second-order valence-corrected chi connectivity index (χ2v) is 5.63. The first-order chi connectivity index (χ1) is 10.5. The molecule has 0 aliphatic carbocycles. The number of rotatable bonds is 7. The molecule has 1 aromatic heterocycles. The Morgan fingerprint density at radius 3 is 2.59 bits per heavy atom. The highest BCUT2D eigenvalue weighted by molar-refractivity contribution is 7.22. The fourth-order valence-electron chi connectivity index (χ4n) is 1.71. The van der Waals surface area contributed by atoms with Crippen molar-refractivity contribution in [3.8, 4) is 0 Å². The molecule has 22 heavy (non-hydrogen) atoms. The SMILES string of the molecule is OC[C@@H](O)[C@@H](O)[C@H](O)[C@@H](O)/C=N/Nc1nc2ccccc2s1. The minimum absolute atomic E-state index is 0.509. The topological polar surface area (TPSA) is 138 Å². The van der Waals surface area contributed by atoms with Gasteiger partial charge in [0, 0.05) is 0 Å². The molecule has 4 atom stereocenters. The van der Waals surface area contributed by atoms with Crippen LogP contribution in [0.1, 0.15) is 0 Å². The van der Waals surface area contributed by atoms with Crippen LogP contribution < -0.4 is 5.43 Å². The van der Waals surface area contributed by atoms with Gasteiger partial charge in [0.1, 0.15) is 24.4 Å². The molecule has 0 amide bonds. The minimum atomic E-state index is -1.69. The third-order valence-electron chi connectivity index (χ3n) is 2.96. The van der Waals surface area contributed by atoms with Crippen LogP contribution in [-0.2, 0) is 0 Å². The Balaban J connectivity index is 1.93. The number of hydrogen-bond donors (Lipinski definition) is 6. The van der Waals surface area contributed by atoms with E-state index in [0.29, 0.717) is 5.13 Å². The molecule has 9 heteroatoms. The van der Waals surface area contributed by atoms with Gasteiger partial charge in [-0.1, -0.05) is 23.5 Å². The minimum Gasteiger partial charge on any atom is -0.394 e. The normalized spacial score (nSPS) is 17.5. The summed E-state index contributed by atoms with van der Waals surface area (Å²) in [5, 5.41) is 50.8. The summed E-state index contributed by atoms with van der Waals surface area (Å²) in [6.07, 6.45) is -5.45. The molecular formula is C13H17N3O5S. The zero-order chi connectivity index (χ0) is 16.1. The monoisotopic (exact) mass is 327 g/mol. The van der Waals surface area contributed by atoms with E-state index in [9.17, 15) is 20.4 Å². The number of fused-ring (bicyclic) bond motifs is 1. The molecule has 0 bridgehead atoms. The van der Waals surface area contributed by atoms with Gasteiger partial charge in [-0.2, -0.15) is 5.10 Å². The lowest BCUT2D eigenvalue weighted by Crippen LogP contribution is -2.46. The van der Waals surface area contributed by atoms with E-state index < -0.39 is 31.0 Å². The van der Waals surface area contributed by atoms with Crippen LogP contribution in [0.3, 0.4) is 0 Å². The molecule has 120 valence electrons. The molecule has 0 spiro atoms. The number of nitrogens with one attached hydrogen (secondary N) is 1. The van der Waals surface area contributed by atoms with E-state index in [2.05, 4.69) is 15.5 Å². The number of nitrogens with zero attached hydrogens (tertiary/aromatic N) is 2. The van der Waals surface area contributed by atoms with Crippen LogP contribution >= 0.6 is 11.3 Å². The number of aliphatic hydroxyl groups is 5. The van der Waals surface area contributed by atoms with Crippen molar-refractivity contribution in [3.63, 3.8) is 0 Å². The molecule has 0 radical (unpaired) electrons. The zero-order valence-corrected chi connectivity index (χ0v) is 12.3. The molecule has 1 heterocycles. The Kier molecular flexibility index (Phi) is 5.77. The Bertz CT molecular complexity index is 602. The fourth-order valence-corrected chi connectivity index (χ4v) is 2.53. The highest BCUT2D eigenvalue weighted by atomic mass is 32.1. The molecule has 0 saturated heterocycles. The van der Waals surface area contributed by atoms with Crippen molar-refractivity contribution >= 4 is 32.9 Å². The molecule has 0 aliphatic heterocycles. The summed E-state index contributed by atoms with van der Waals surface area (Å²) in [5.41, 5.74) is 3.43. The van der Waals surface area contributed by atoms with Crippen LogP contribution in [0.15, 0.2) is 29.4 Å². The Hall–Kier alpha value is -1.62. The van der Waals surface area contributed by atoms with E-state index in [0.717, 1.165) is 16.4 Å². The van der Waals surface area contributed by atoms with Crippen LogP contribution in [-0.4, -0.2) is 67.8 Å². The van der Waals surface area contributed by atoms with E-state index in [1.54, 1.807) is 0 Å². The number of aromatic nitrogens is 1. The lowest BCUT2D eigenvalue weighted by molar-refractivity contribution is -0.0999.